The molecule has 1 aliphatic heterocycles. The summed E-state index contributed by atoms with van der Waals surface area (Å²) in [5, 5.41) is 8.76. The maximum atomic E-state index is 12.9. The second-order valence-corrected chi connectivity index (χ2v) is 3.55. The molecule has 1 aliphatic rings. The van der Waals surface area contributed by atoms with E-state index in [9.17, 15) is 9.18 Å². The maximum absolute atomic E-state index is 12.9. The molecule has 0 saturated heterocycles. The van der Waals surface area contributed by atoms with Gasteiger partial charge in [-0.1, -0.05) is 12.1 Å². The number of amides is 1. The second kappa shape index (κ2) is 4.30. The summed E-state index contributed by atoms with van der Waals surface area (Å²) in [5.41, 5.74) is 1.49. The zero-order chi connectivity index (χ0) is 11.5. The van der Waals surface area contributed by atoms with Crippen molar-refractivity contribution in [3.8, 4) is 0 Å². The molecule has 0 spiro atoms. The molecule has 0 bridgehead atoms. The van der Waals surface area contributed by atoms with Crippen LogP contribution in [-0.2, 0) is 0 Å². The van der Waals surface area contributed by atoms with Crippen LogP contribution in [0.15, 0.2) is 24.3 Å². The molecule has 0 saturated carbocycles. The first-order valence-corrected chi connectivity index (χ1v) is 4.96. The van der Waals surface area contributed by atoms with Gasteiger partial charge in [-0.2, -0.15) is 4.39 Å². The summed E-state index contributed by atoms with van der Waals surface area (Å²) < 4.78 is 12.9. The van der Waals surface area contributed by atoms with Crippen LogP contribution < -0.4 is 0 Å². The molecule has 0 aromatic carbocycles. The van der Waals surface area contributed by atoms with Gasteiger partial charge in [-0.25, -0.2) is 9.78 Å². The van der Waals surface area contributed by atoms with Crippen LogP contribution >= 0.6 is 0 Å². The van der Waals surface area contributed by atoms with Crippen molar-refractivity contribution in [1.82, 2.24) is 9.88 Å². The Morgan fingerprint density at radius 3 is 2.88 bits per heavy atom. The number of hydrogen-bond donors (Lipinski definition) is 1. The molecule has 1 N–H and O–H groups in total. The number of carbonyl (C=O) groups is 1. The smallest absolute Gasteiger partial charge is 0.407 e. The van der Waals surface area contributed by atoms with Gasteiger partial charge in [0.05, 0.1) is 5.69 Å². The van der Waals surface area contributed by atoms with E-state index in [1.165, 1.54) is 11.0 Å². The predicted molar refractivity (Wildman–Crippen MR) is 56.4 cm³/mol. The molecule has 0 radical (unpaired) electrons. The summed E-state index contributed by atoms with van der Waals surface area (Å²) in [6.45, 7) is 0.766. The normalized spacial score (nSPS) is 15.8. The van der Waals surface area contributed by atoms with Gasteiger partial charge >= 0.3 is 6.09 Å². The average Bonchev–Trinajstić information content (AvgIpc) is 2.29. The minimum absolute atomic E-state index is 0.336. The van der Waals surface area contributed by atoms with Crippen molar-refractivity contribution < 1.29 is 14.3 Å². The topological polar surface area (TPSA) is 53.4 Å². The van der Waals surface area contributed by atoms with E-state index in [4.69, 9.17) is 5.11 Å². The number of aromatic nitrogens is 1. The summed E-state index contributed by atoms with van der Waals surface area (Å²) in [7, 11) is 0. The molecule has 0 unspecified atom stereocenters. The van der Waals surface area contributed by atoms with E-state index in [1.54, 1.807) is 18.2 Å². The van der Waals surface area contributed by atoms with E-state index < -0.39 is 12.0 Å². The highest BCUT2D eigenvalue weighted by Gasteiger charge is 2.17. The largest absolute Gasteiger partial charge is 0.465 e. The molecule has 4 nitrogen and oxygen atoms in total. The van der Waals surface area contributed by atoms with Gasteiger partial charge in [0.2, 0.25) is 5.95 Å². The van der Waals surface area contributed by atoms with Gasteiger partial charge in [-0.05, 0) is 24.1 Å². The van der Waals surface area contributed by atoms with Gasteiger partial charge in [-0.3, -0.25) is 0 Å². The van der Waals surface area contributed by atoms with E-state index in [1.807, 2.05) is 0 Å². The molecule has 0 fully saturated rings. The Balaban J connectivity index is 2.16. The lowest BCUT2D eigenvalue weighted by molar-refractivity contribution is 0.150. The lowest BCUT2D eigenvalue weighted by Crippen LogP contribution is -2.33. The van der Waals surface area contributed by atoms with Crippen LogP contribution in [0, 0.1) is 5.95 Å². The fourth-order valence-electron chi connectivity index (χ4n) is 1.66. The maximum Gasteiger partial charge on any atom is 0.407 e. The van der Waals surface area contributed by atoms with Gasteiger partial charge in [0.25, 0.3) is 0 Å². The molecular formula is C11H11FN2O2. The number of hydrogen-bond acceptors (Lipinski definition) is 2. The van der Waals surface area contributed by atoms with Crippen LogP contribution in [0.3, 0.4) is 0 Å². The quantitative estimate of drug-likeness (QED) is 0.739. The van der Waals surface area contributed by atoms with Crippen LogP contribution in [0.4, 0.5) is 9.18 Å². The Hall–Kier alpha value is -1.91. The van der Waals surface area contributed by atoms with Crippen molar-refractivity contribution in [3.63, 3.8) is 0 Å². The summed E-state index contributed by atoms with van der Waals surface area (Å²) in [4.78, 5) is 15.7. The first kappa shape index (κ1) is 10.6. The third-order valence-corrected chi connectivity index (χ3v) is 2.52. The summed E-state index contributed by atoms with van der Waals surface area (Å²) in [6.07, 6.45) is 1.42. The number of halogens is 1. The number of pyridine rings is 1. The molecule has 5 heteroatoms. The number of carboxylic acid groups (broad SMARTS) is 1. The minimum Gasteiger partial charge on any atom is -0.465 e. The van der Waals surface area contributed by atoms with Crippen molar-refractivity contribution in [2.45, 2.75) is 6.42 Å². The summed E-state index contributed by atoms with van der Waals surface area (Å²) in [6, 6.07) is 4.61. The highest BCUT2D eigenvalue weighted by molar-refractivity contribution is 5.69. The molecule has 1 amide bonds. The van der Waals surface area contributed by atoms with Crippen molar-refractivity contribution >= 4 is 11.7 Å². The Bertz CT molecular complexity index is 445. The average molecular weight is 222 g/mol. The third kappa shape index (κ3) is 2.18. The van der Waals surface area contributed by atoms with Crippen molar-refractivity contribution in [2.24, 2.45) is 0 Å². The molecule has 2 heterocycles. The Morgan fingerprint density at radius 1 is 1.50 bits per heavy atom. The number of nitrogens with zero attached hydrogens (tertiary/aromatic N) is 2. The van der Waals surface area contributed by atoms with Crippen LogP contribution in [-0.4, -0.2) is 34.2 Å². The lowest BCUT2D eigenvalue weighted by Gasteiger charge is -2.23. The summed E-state index contributed by atoms with van der Waals surface area (Å²) >= 11 is 0. The van der Waals surface area contributed by atoms with E-state index in [0.29, 0.717) is 25.2 Å². The zero-order valence-electron chi connectivity index (χ0n) is 8.56. The first-order chi connectivity index (χ1) is 7.66. The molecule has 0 atom stereocenters. The Kier molecular flexibility index (Phi) is 2.85. The van der Waals surface area contributed by atoms with E-state index in [2.05, 4.69) is 4.98 Å². The van der Waals surface area contributed by atoms with E-state index >= 15 is 0 Å². The highest BCUT2D eigenvalue weighted by Crippen LogP contribution is 2.20. The monoisotopic (exact) mass is 222 g/mol. The molecular weight excluding hydrogens is 211 g/mol. The predicted octanol–water partition coefficient (Wildman–Crippen LogP) is 1.99. The zero-order valence-corrected chi connectivity index (χ0v) is 8.56. The minimum atomic E-state index is -0.928. The summed E-state index contributed by atoms with van der Waals surface area (Å²) in [5.74, 6) is -0.515. The lowest BCUT2D eigenvalue weighted by atomic mass is 10.0. The molecule has 84 valence electrons. The SMILES string of the molecule is O=C(O)N1CC=C(c2cccc(F)n2)CC1. The van der Waals surface area contributed by atoms with Crippen LogP contribution in [0.25, 0.3) is 5.57 Å². The molecule has 1 aromatic heterocycles. The molecule has 0 aliphatic carbocycles. The molecule has 1 aromatic rings. The fraction of sp³-hybridized carbons (Fsp3) is 0.273. The van der Waals surface area contributed by atoms with Gasteiger partial charge in [0, 0.05) is 13.1 Å². The van der Waals surface area contributed by atoms with Crippen LogP contribution in [0.5, 0.6) is 0 Å². The van der Waals surface area contributed by atoms with Gasteiger partial charge in [-0.15, -0.1) is 0 Å². The molecule has 2 rings (SSSR count). The van der Waals surface area contributed by atoms with Gasteiger partial charge in [0.15, 0.2) is 0 Å². The van der Waals surface area contributed by atoms with E-state index in [-0.39, 0.29) is 0 Å². The third-order valence-electron chi connectivity index (χ3n) is 2.52. The van der Waals surface area contributed by atoms with Crippen LogP contribution in [0.1, 0.15) is 12.1 Å². The van der Waals surface area contributed by atoms with Crippen molar-refractivity contribution in [1.29, 1.82) is 0 Å². The number of rotatable bonds is 1. The van der Waals surface area contributed by atoms with E-state index in [0.717, 1.165) is 5.57 Å². The fourth-order valence-corrected chi connectivity index (χ4v) is 1.66. The van der Waals surface area contributed by atoms with Crippen molar-refractivity contribution in [2.75, 3.05) is 13.1 Å². The molecule has 16 heavy (non-hydrogen) atoms. The Labute approximate surface area is 92.0 Å². The van der Waals surface area contributed by atoms with Gasteiger partial charge in [0.1, 0.15) is 0 Å². The Morgan fingerprint density at radius 2 is 2.31 bits per heavy atom. The van der Waals surface area contributed by atoms with Crippen molar-refractivity contribution in [3.05, 3.63) is 35.9 Å². The standard InChI is InChI=1S/C11H11FN2O2/c12-10-3-1-2-9(13-10)8-4-6-14(7-5-8)11(15)16/h1-4H,5-7H2,(H,15,16). The highest BCUT2D eigenvalue weighted by atomic mass is 19.1. The first-order valence-electron chi connectivity index (χ1n) is 4.96. The second-order valence-electron chi connectivity index (χ2n) is 3.55. The van der Waals surface area contributed by atoms with Gasteiger partial charge < -0.3 is 10.0 Å². The van der Waals surface area contributed by atoms with Crippen LogP contribution in [0.2, 0.25) is 0 Å².